The van der Waals surface area contributed by atoms with Crippen molar-refractivity contribution < 1.29 is 4.79 Å². The Morgan fingerprint density at radius 2 is 1.60 bits per heavy atom. The van der Waals surface area contributed by atoms with Crippen LogP contribution in [-0.4, -0.2) is 20.9 Å². The first-order valence-corrected chi connectivity index (χ1v) is 8.02. The van der Waals surface area contributed by atoms with Gasteiger partial charge in [0.05, 0.1) is 6.42 Å². The fraction of sp³-hybridized carbons (Fsp3) is 0.158. The third-order valence-corrected chi connectivity index (χ3v) is 3.94. The van der Waals surface area contributed by atoms with E-state index in [-0.39, 0.29) is 5.91 Å². The fourth-order valence-electron chi connectivity index (χ4n) is 2.52. The summed E-state index contributed by atoms with van der Waals surface area (Å²) in [6, 6.07) is 12.1. The van der Waals surface area contributed by atoms with Crippen LogP contribution in [0.1, 0.15) is 16.8 Å². The van der Waals surface area contributed by atoms with Gasteiger partial charge in [-0.3, -0.25) is 15.2 Å². The summed E-state index contributed by atoms with van der Waals surface area (Å²) in [4.78, 5) is 23.8. The summed E-state index contributed by atoms with van der Waals surface area (Å²) in [6.45, 7) is 0. The molecule has 0 saturated heterocycles. The van der Waals surface area contributed by atoms with Gasteiger partial charge in [0, 0.05) is 35.4 Å². The second kappa shape index (κ2) is 8.12. The third-order valence-electron chi connectivity index (χ3n) is 3.94. The molecule has 2 heterocycles. The van der Waals surface area contributed by atoms with Gasteiger partial charge in [0.25, 0.3) is 0 Å². The Morgan fingerprint density at radius 3 is 2.24 bits per heavy atom. The largest absolute Gasteiger partial charge is 0.294 e. The summed E-state index contributed by atoms with van der Waals surface area (Å²) >= 11 is 0. The molecule has 1 amide bonds. The van der Waals surface area contributed by atoms with Crippen LogP contribution in [-0.2, 0) is 24.1 Å². The molecule has 6 heteroatoms. The quantitative estimate of drug-likeness (QED) is 0.408. The van der Waals surface area contributed by atoms with Crippen molar-refractivity contribution in [3.05, 3.63) is 78.1 Å². The Balaban J connectivity index is 1.57. The Bertz CT molecular complexity index is 817. The number of hydrogen-bond donors (Lipinski definition) is 2. The fourth-order valence-corrected chi connectivity index (χ4v) is 2.52. The molecule has 3 rings (SSSR count). The SMILES string of the molecule is NNC(=O)Cc1ccc(CCc2ccc(-c3cncnc3)cn2)cc1. The second-order valence-corrected chi connectivity index (χ2v) is 5.73. The number of hydrogen-bond acceptors (Lipinski definition) is 5. The molecule has 0 fully saturated rings. The van der Waals surface area contributed by atoms with Gasteiger partial charge in [0.15, 0.2) is 0 Å². The van der Waals surface area contributed by atoms with E-state index in [2.05, 4.69) is 20.4 Å². The molecule has 0 unspecified atom stereocenters. The lowest BCUT2D eigenvalue weighted by Gasteiger charge is -2.05. The molecule has 3 N–H and O–H groups in total. The maximum atomic E-state index is 11.3. The Kier molecular flexibility index (Phi) is 5.43. The smallest absolute Gasteiger partial charge is 0.238 e. The van der Waals surface area contributed by atoms with Gasteiger partial charge in [0.1, 0.15) is 6.33 Å². The molecule has 2 aromatic heterocycles. The van der Waals surface area contributed by atoms with E-state index in [1.807, 2.05) is 42.6 Å². The maximum Gasteiger partial charge on any atom is 0.238 e. The van der Waals surface area contributed by atoms with Crippen LogP contribution in [0.4, 0.5) is 0 Å². The number of carbonyl (C=O) groups excluding carboxylic acids is 1. The van der Waals surface area contributed by atoms with Crippen molar-refractivity contribution in [2.45, 2.75) is 19.3 Å². The average Bonchev–Trinajstić information content (AvgIpc) is 2.68. The number of hydrazine groups is 1. The van der Waals surface area contributed by atoms with Crippen LogP contribution >= 0.6 is 0 Å². The molecule has 0 saturated carbocycles. The summed E-state index contributed by atoms with van der Waals surface area (Å²) in [5.74, 6) is 4.90. The molecule has 0 spiro atoms. The molecule has 0 bridgehead atoms. The molecule has 25 heavy (non-hydrogen) atoms. The van der Waals surface area contributed by atoms with E-state index in [9.17, 15) is 4.79 Å². The number of aromatic nitrogens is 3. The van der Waals surface area contributed by atoms with Crippen molar-refractivity contribution in [3.8, 4) is 11.1 Å². The van der Waals surface area contributed by atoms with Crippen molar-refractivity contribution in [3.63, 3.8) is 0 Å². The lowest BCUT2D eigenvalue weighted by molar-refractivity contribution is -0.120. The highest BCUT2D eigenvalue weighted by molar-refractivity contribution is 5.77. The first-order chi connectivity index (χ1) is 12.2. The van der Waals surface area contributed by atoms with Crippen molar-refractivity contribution in [2.24, 2.45) is 5.84 Å². The summed E-state index contributed by atoms with van der Waals surface area (Å²) in [7, 11) is 0. The standard InChI is InChI=1S/C19H19N5O/c20-24-19(25)9-15-3-1-14(2-4-15)5-7-18-8-6-16(12-23-18)17-10-21-13-22-11-17/h1-4,6,8,10-13H,5,7,9,20H2,(H,24,25). The number of benzene rings is 1. The summed E-state index contributed by atoms with van der Waals surface area (Å²) in [6.07, 6.45) is 8.95. The van der Waals surface area contributed by atoms with E-state index in [1.54, 1.807) is 12.4 Å². The molecule has 1 aromatic carbocycles. The van der Waals surface area contributed by atoms with E-state index in [4.69, 9.17) is 5.84 Å². The van der Waals surface area contributed by atoms with Gasteiger partial charge in [0.2, 0.25) is 5.91 Å². The van der Waals surface area contributed by atoms with Crippen LogP contribution in [0.15, 0.2) is 61.3 Å². The van der Waals surface area contributed by atoms with Crippen molar-refractivity contribution in [2.75, 3.05) is 0 Å². The van der Waals surface area contributed by atoms with E-state index in [0.717, 1.165) is 35.2 Å². The van der Waals surface area contributed by atoms with E-state index >= 15 is 0 Å². The van der Waals surface area contributed by atoms with Gasteiger partial charge in [-0.05, 0) is 30.0 Å². The minimum absolute atomic E-state index is 0.194. The minimum Gasteiger partial charge on any atom is -0.294 e. The van der Waals surface area contributed by atoms with Crippen LogP contribution in [0.3, 0.4) is 0 Å². The Morgan fingerprint density at radius 1 is 0.880 bits per heavy atom. The minimum atomic E-state index is -0.194. The highest BCUT2D eigenvalue weighted by atomic mass is 16.2. The van der Waals surface area contributed by atoms with Gasteiger partial charge < -0.3 is 0 Å². The molecule has 0 atom stereocenters. The van der Waals surface area contributed by atoms with Gasteiger partial charge >= 0.3 is 0 Å². The monoisotopic (exact) mass is 333 g/mol. The maximum absolute atomic E-state index is 11.3. The zero-order chi connectivity index (χ0) is 17.5. The van der Waals surface area contributed by atoms with Gasteiger partial charge in [-0.15, -0.1) is 0 Å². The zero-order valence-corrected chi connectivity index (χ0v) is 13.7. The Labute approximate surface area is 146 Å². The van der Waals surface area contributed by atoms with Crippen molar-refractivity contribution in [1.82, 2.24) is 20.4 Å². The number of aryl methyl sites for hydroxylation is 2. The number of pyridine rings is 1. The zero-order valence-electron chi connectivity index (χ0n) is 13.7. The average molecular weight is 333 g/mol. The molecule has 0 aliphatic heterocycles. The van der Waals surface area contributed by atoms with E-state index in [1.165, 1.54) is 11.9 Å². The normalized spacial score (nSPS) is 10.4. The first kappa shape index (κ1) is 16.7. The van der Waals surface area contributed by atoms with E-state index in [0.29, 0.717) is 6.42 Å². The van der Waals surface area contributed by atoms with Gasteiger partial charge in [-0.1, -0.05) is 30.3 Å². The number of rotatable bonds is 6. The number of carbonyl (C=O) groups is 1. The second-order valence-electron chi connectivity index (χ2n) is 5.73. The molecule has 6 nitrogen and oxygen atoms in total. The number of nitrogens with zero attached hydrogens (tertiary/aromatic N) is 3. The lowest BCUT2D eigenvalue weighted by atomic mass is 10.0. The van der Waals surface area contributed by atoms with Crippen LogP contribution in [0, 0.1) is 0 Å². The molecular weight excluding hydrogens is 314 g/mol. The first-order valence-electron chi connectivity index (χ1n) is 8.02. The number of nitrogens with two attached hydrogens (primary N) is 1. The predicted molar refractivity (Wildman–Crippen MR) is 95.1 cm³/mol. The predicted octanol–water partition coefficient (Wildman–Crippen LogP) is 1.86. The molecular formula is C19H19N5O. The molecule has 3 aromatic rings. The van der Waals surface area contributed by atoms with Crippen LogP contribution < -0.4 is 11.3 Å². The summed E-state index contributed by atoms with van der Waals surface area (Å²) in [5.41, 5.74) is 7.29. The summed E-state index contributed by atoms with van der Waals surface area (Å²) in [5, 5.41) is 0. The van der Waals surface area contributed by atoms with Gasteiger partial charge in [-0.2, -0.15) is 0 Å². The van der Waals surface area contributed by atoms with Crippen LogP contribution in [0.5, 0.6) is 0 Å². The van der Waals surface area contributed by atoms with Crippen LogP contribution in [0.2, 0.25) is 0 Å². The molecule has 0 radical (unpaired) electrons. The lowest BCUT2D eigenvalue weighted by Crippen LogP contribution is -2.31. The topological polar surface area (TPSA) is 93.8 Å². The number of amides is 1. The molecule has 0 aliphatic rings. The number of nitrogens with one attached hydrogen (secondary N) is 1. The Hall–Kier alpha value is -3.12. The van der Waals surface area contributed by atoms with Crippen molar-refractivity contribution in [1.29, 1.82) is 0 Å². The highest BCUT2D eigenvalue weighted by Crippen LogP contribution is 2.16. The van der Waals surface area contributed by atoms with Crippen LogP contribution in [0.25, 0.3) is 11.1 Å². The molecule has 126 valence electrons. The summed E-state index contributed by atoms with van der Waals surface area (Å²) < 4.78 is 0. The molecule has 0 aliphatic carbocycles. The van der Waals surface area contributed by atoms with Crippen molar-refractivity contribution >= 4 is 5.91 Å². The highest BCUT2D eigenvalue weighted by Gasteiger charge is 2.03. The van der Waals surface area contributed by atoms with Gasteiger partial charge in [-0.25, -0.2) is 15.8 Å². The third kappa shape index (κ3) is 4.68. The van der Waals surface area contributed by atoms with E-state index < -0.39 is 0 Å².